The summed E-state index contributed by atoms with van der Waals surface area (Å²) in [6.45, 7) is 5.30. The van der Waals surface area contributed by atoms with E-state index in [-0.39, 0.29) is 16.2 Å². The first-order valence-electron chi connectivity index (χ1n) is 12.0. The van der Waals surface area contributed by atoms with Gasteiger partial charge in [-0.25, -0.2) is 8.42 Å². The summed E-state index contributed by atoms with van der Waals surface area (Å²) in [5, 5.41) is 37.7. The summed E-state index contributed by atoms with van der Waals surface area (Å²) in [6, 6.07) is 6.40. The highest BCUT2D eigenvalue weighted by atomic mass is 32.2. The first-order valence-corrected chi connectivity index (χ1v) is 13.4. The predicted octanol–water partition coefficient (Wildman–Crippen LogP) is -5.84. The maximum atomic E-state index is 12.5. The lowest BCUT2D eigenvalue weighted by Crippen LogP contribution is -2.46. The number of likely N-dealkylation sites (N-methyl/N-ethyl adjacent to an activating group) is 1. The molecule has 2 aliphatic heterocycles. The van der Waals surface area contributed by atoms with Crippen LogP contribution in [-0.4, -0.2) is 111 Å². The standard InChI is InChI=1S/C17H25N3O3S.2C4H4O4.H2O/c1-18-10-12-19(13-11-18)14-17(21)15-4-6-16(7-5-15)24(22,23)20-8-2-3-9-20;2*5-3(6)1-2-4(7)8;/h4-7H,2-3,8-14H2,1H3;2*1-2H,(H,5,6)(H,7,8);1H2/p-4/b;2*2-1-;. The molecule has 15 nitrogen and oxygen atoms in total. The van der Waals surface area contributed by atoms with Gasteiger partial charge in [-0.3, -0.25) is 9.69 Å². The Hall–Kier alpha value is -3.96. The average Bonchev–Trinajstić information content (AvgIpc) is 3.45. The number of piperazine rings is 1. The topological polar surface area (TPSA) is 253 Å². The van der Waals surface area contributed by atoms with E-state index in [2.05, 4.69) is 16.8 Å². The SMILES string of the molecule is CN1CCN(CC(=O)c2ccc(S(=O)(=O)N3CCCC3)cc2)CC1.O.O=C([O-])/C=C\C(=O)[O-].O=C([O-])/C=C\C(=O)[O-]. The molecule has 0 radical (unpaired) electrons. The number of nitrogens with zero attached hydrogens (tertiary/aromatic N) is 3. The number of sulfonamides is 1. The van der Waals surface area contributed by atoms with E-state index in [1.54, 1.807) is 24.3 Å². The summed E-state index contributed by atoms with van der Waals surface area (Å²) in [7, 11) is -1.33. The van der Waals surface area contributed by atoms with Gasteiger partial charge >= 0.3 is 0 Å². The van der Waals surface area contributed by atoms with E-state index < -0.39 is 33.9 Å². The molecule has 2 N–H and O–H groups in total. The lowest BCUT2D eigenvalue weighted by Gasteiger charge is -2.31. The highest BCUT2D eigenvalue weighted by Crippen LogP contribution is 2.21. The Morgan fingerprint density at radius 2 is 1.10 bits per heavy atom. The molecule has 1 aromatic carbocycles. The zero-order valence-corrected chi connectivity index (χ0v) is 23.0. The fraction of sp³-hybridized carbons (Fsp3) is 0.400. The second-order valence-electron chi connectivity index (χ2n) is 8.58. The molecular weight excluding hydrogens is 566 g/mol. The van der Waals surface area contributed by atoms with Gasteiger partial charge < -0.3 is 50.0 Å². The number of ketones is 1. The van der Waals surface area contributed by atoms with Crippen LogP contribution < -0.4 is 20.4 Å². The predicted molar refractivity (Wildman–Crippen MR) is 135 cm³/mol. The number of hydrogen-bond donors (Lipinski definition) is 0. The van der Waals surface area contributed by atoms with E-state index in [0.29, 0.717) is 49.5 Å². The zero-order valence-electron chi connectivity index (χ0n) is 22.2. The minimum atomic E-state index is -3.41. The number of benzene rings is 1. The number of carbonyl (C=O) groups excluding carboxylic acids is 5. The van der Waals surface area contributed by atoms with Crippen molar-refractivity contribution in [1.82, 2.24) is 14.1 Å². The molecule has 0 bridgehead atoms. The first-order chi connectivity index (χ1) is 18.7. The van der Waals surface area contributed by atoms with Crippen molar-refractivity contribution in [3.63, 3.8) is 0 Å². The number of carboxylic acid groups (broad SMARTS) is 4. The van der Waals surface area contributed by atoms with Gasteiger partial charge in [-0.1, -0.05) is 12.1 Å². The summed E-state index contributed by atoms with van der Waals surface area (Å²) in [5.74, 6) is -6.14. The van der Waals surface area contributed by atoms with Gasteiger partial charge in [0.1, 0.15) is 0 Å². The van der Waals surface area contributed by atoms with Crippen LogP contribution in [-0.2, 0) is 29.2 Å². The van der Waals surface area contributed by atoms with Crippen molar-refractivity contribution in [2.45, 2.75) is 17.7 Å². The third-order valence-corrected chi connectivity index (χ3v) is 7.47. The maximum Gasteiger partial charge on any atom is 0.243 e. The lowest BCUT2D eigenvalue weighted by molar-refractivity contribution is -0.301. The van der Waals surface area contributed by atoms with Gasteiger partial charge in [-0.2, -0.15) is 4.31 Å². The monoisotopic (exact) mass is 597 g/mol. The summed E-state index contributed by atoms with van der Waals surface area (Å²) in [4.78, 5) is 54.7. The van der Waals surface area contributed by atoms with E-state index in [4.69, 9.17) is 0 Å². The van der Waals surface area contributed by atoms with E-state index in [0.717, 1.165) is 39.0 Å². The molecule has 16 heteroatoms. The first kappa shape index (κ1) is 37.0. The molecule has 0 atom stereocenters. The zero-order chi connectivity index (χ0) is 30.3. The Bertz CT molecular complexity index is 1130. The van der Waals surface area contributed by atoms with Gasteiger partial charge in [0.2, 0.25) is 10.0 Å². The van der Waals surface area contributed by atoms with Crippen LogP contribution in [0.3, 0.4) is 0 Å². The van der Waals surface area contributed by atoms with Crippen LogP contribution in [0.1, 0.15) is 23.2 Å². The van der Waals surface area contributed by atoms with Gasteiger partial charge in [-0.05, 0) is 56.3 Å². The molecule has 2 fully saturated rings. The smallest absolute Gasteiger partial charge is 0.243 e. The minimum Gasteiger partial charge on any atom is -0.545 e. The molecule has 2 aliphatic rings. The third-order valence-electron chi connectivity index (χ3n) is 5.55. The van der Waals surface area contributed by atoms with E-state index in [1.165, 1.54) is 4.31 Å². The normalized spacial score (nSPS) is 16.1. The molecule has 0 amide bonds. The lowest BCUT2D eigenvalue weighted by atomic mass is 10.1. The molecule has 2 saturated heterocycles. The molecule has 3 rings (SSSR count). The van der Waals surface area contributed by atoms with Crippen molar-refractivity contribution in [1.29, 1.82) is 0 Å². The molecular formula is C25H31N3O12S-4. The largest absolute Gasteiger partial charge is 0.545 e. The summed E-state index contributed by atoms with van der Waals surface area (Å²) >= 11 is 0. The van der Waals surface area contributed by atoms with E-state index in [9.17, 15) is 52.8 Å². The highest BCUT2D eigenvalue weighted by Gasteiger charge is 2.27. The number of aliphatic carboxylic acids is 4. The fourth-order valence-electron chi connectivity index (χ4n) is 3.46. The van der Waals surface area contributed by atoms with Crippen molar-refractivity contribution >= 4 is 39.7 Å². The fourth-order valence-corrected chi connectivity index (χ4v) is 4.98. The number of carboxylic acids is 4. The van der Waals surface area contributed by atoms with Crippen molar-refractivity contribution in [2.24, 2.45) is 0 Å². The van der Waals surface area contributed by atoms with Crippen LogP contribution in [0.5, 0.6) is 0 Å². The Balaban J connectivity index is 0.000000781. The molecule has 0 aliphatic carbocycles. The maximum absolute atomic E-state index is 12.5. The van der Waals surface area contributed by atoms with Crippen LogP contribution in [0.4, 0.5) is 0 Å². The molecule has 0 unspecified atom stereocenters. The van der Waals surface area contributed by atoms with Crippen LogP contribution in [0.2, 0.25) is 0 Å². The van der Waals surface area contributed by atoms with Gasteiger partial charge in [0.15, 0.2) is 5.78 Å². The van der Waals surface area contributed by atoms with Crippen LogP contribution in [0.25, 0.3) is 0 Å². The minimum absolute atomic E-state index is 0. The second-order valence-corrected chi connectivity index (χ2v) is 10.5. The molecule has 0 saturated carbocycles. The van der Waals surface area contributed by atoms with Crippen molar-refractivity contribution in [2.75, 3.05) is 52.9 Å². The van der Waals surface area contributed by atoms with Crippen molar-refractivity contribution in [3.8, 4) is 0 Å². The summed E-state index contributed by atoms with van der Waals surface area (Å²) in [6.07, 6.45) is 3.37. The molecule has 2 heterocycles. The summed E-state index contributed by atoms with van der Waals surface area (Å²) in [5.41, 5.74) is 0.578. The second kappa shape index (κ2) is 18.4. The number of hydrogen-bond acceptors (Lipinski definition) is 13. The van der Waals surface area contributed by atoms with Crippen LogP contribution in [0.15, 0.2) is 53.5 Å². The Morgan fingerprint density at radius 3 is 1.46 bits per heavy atom. The number of carbonyl (C=O) groups is 5. The Morgan fingerprint density at radius 1 is 0.707 bits per heavy atom. The number of rotatable bonds is 9. The van der Waals surface area contributed by atoms with Crippen LogP contribution >= 0.6 is 0 Å². The molecule has 0 aromatic heterocycles. The van der Waals surface area contributed by atoms with E-state index >= 15 is 0 Å². The molecule has 0 spiro atoms. The highest BCUT2D eigenvalue weighted by molar-refractivity contribution is 7.89. The Labute approximate surface area is 236 Å². The molecule has 41 heavy (non-hydrogen) atoms. The van der Waals surface area contributed by atoms with E-state index in [1.807, 2.05) is 0 Å². The number of Topliss-reactive ketones (excluding diaryl/α,β-unsaturated/α-hetero) is 1. The van der Waals surface area contributed by atoms with Gasteiger partial charge in [0.25, 0.3) is 0 Å². The van der Waals surface area contributed by atoms with Gasteiger partial charge in [-0.15, -0.1) is 0 Å². The molecule has 228 valence electrons. The Kier molecular flexibility index (Phi) is 16.6. The average molecular weight is 598 g/mol. The molecule has 1 aromatic rings. The van der Waals surface area contributed by atoms with Gasteiger partial charge in [0.05, 0.1) is 35.3 Å². The van der Waals surface area contributed by atoms with Gasteiger partial charge in [0, 0.05) is 44.8 Å². The summed E-state index contributed by atoms with van der Waals surface area (Å²) < 4.78 is 26.5. The van der Waals surface area contributed by atoms with Crippen molar-refractivity contribution in [3.05, 3.63) is 54.1 Å². The third kappa shape index (κ3) is 14.8. The quantitative estimate of drug-likeness (QED) is 0.190. The van der Waals surface area contributed by atoms with Crippen molar-refractivity contribution < 1.29 is 58.3 Å². The van der Waals surface area contributed by atoms with Crippen LogP contribution in [0, 0.1) is 0 Å².